The minimum absolute atomic E-state index is 0.384. The Bertz CT molecular complexity index is 1050. The number of halogens is 1. The number of hydrogen-bond acceptors (Lipinski definition) is 6. The number of primary amides is 1. The zero-order valence-corrected chi connectivity index (χ0v) is 17.2. The van der Waals surface area contributed by atoms with Crippen molar-refractivity contribution in [1.82, 2.24) is 15.3 Å². The number of hydrogen-bond donors (Lipinski definition) is 2. The summed E-state index contributed by atoms with van der Waals surface area (Å²) in [5.41, 5.74) is 6.34. The Labute approximate surface area is 173 Å². The number of fused-ring (bicyclic) bond motifs is 1. The van der Waals surface area contributed by atoms with Crippen molar-refractivity contribution in [2.24, 2.45) is 5.73 Å². The van der Waals surface area contributed by atoms with Crippen molar-refractivity contribution >= 4 is 17.8 Å². The molecule has 0 unspecified atom stereocenters. The molecule has 0 aliphatic heterocycles. The van der Waals surface area contributed by atoms with Gasteiger partial charge in [0, 0.05) is 0 Å². The average Bonchev–Trinajstić information content (AvgIpc) is 3.04. The molecule has 1 aromatic heterocycles. The first-order valence-corrected chi connectivity index (χ1v) is 9.46. The molecule has 30 heavy (non-hydrogen) atoms. The number of rotatable bonds is 4. The first kappa shape index (κ1) is 21.4. The largest absolute Gasteiger partial charge is 0.456 e. The van der Waals surface area contributed by atoms with Crippen LogP contribution in [0.25, 0.3) is 0 Å². The fourth-order valence-corrected chi connectivity index (χ4v) is 3.51. The molecule has 0 bridgehead atoms. The second-order valence-electron chi connectivity index (χ2n) is 8.12. The molecule has 0 spiro atoms. The normalized spacial score (nSPS) is 15.4. The van der Waals surface area contributed by atoms with Gasteiger partial charge in [-0.05, 0) is 63.3 Å². The van der Waals surface area contributed by atoms with Crippen LogP contribution in [-0.2, 0) is 11.2 Å². The van der Waals surface area contributed by atoms with Crippen LogP contribution >= 0.6 is 0 Å². The third-order valence-electron chi connectivity index (χ3n) is 4.86. The van der Waals surface area contributed by atoms with E-state index >= 15 is 0 Å². The second-order valence-corrected chi connectivity index (χ2v) is 8.12. The van der Waals surface area contributed by atoms with Gasteiger partial charge in [0.1, 0.15) is 11.9 Å². The Morgan fingerprint density at radius 1 is 1.20 bits per heavy atom. The molecule has 1 aliphatic rings. The minimum atomic E-state index is -1.16. The summed E-state index contributed by atoms with van der Waals surface area (Å²) in [7, 11) is 0. The van der Waals surface area contributed by atoms with Crippen LogP contribution in [0.1, 0.15) is 81.3 Å². The molecule has 0 saturated carbocycles. The smallest absolute Gasteiger partial charge is 0.338 e. The highest BCUT2D eigenvalue weighted by molar-refractivity contribution is 5.97. The summed E-state index contributed by atoms with van der Waals surface area (Å²) >= 11 is 0. The van der Waals surface area contributed by atoms with E-state index in [0.29, 0.717) is 18.4 Å². The fraction of sp³-hybridized carbons (Fsp3) is 0.381. The summed E-state index contributed by atoms with van der Waals surface area (Å²) in [6.45, 7) is 7.24. The fourth-order valence-electron chi connectivity index (χ4n) is 3.51. The molecule has 1 aromatic carbocycles. The van der Waals surface area contributed by atoms with Crippen LogP contribution in [0.5, 0.6) is 0 Å². The number of nitrogens with two attached hydrogens (primary N) is 1. The van der Waals surface area contributed by atoms with Gasteiger partial charge in [-0.1, -0.05) is 6.07 Å². The van der Waals surface area contributed by atoms with Crippen molar-refractivity contribution in [1.29, 1.82) is 0 Å². The van der Waals surface area contributed by atoms with Crippen LogP contribution in [0.15, 0.2) is 18.5 Å². The van der Waals surface area contributed by atoms with Crippen LogP contribution in [0.4, 0.5) is 4.39 Å². The molecular formula is C21H23FN4O4. The van der Waals surface area contributed by atoms with Crippen molar-refractivity contribution in [3.05, 3.63) is 57.9 Å². The first-order valence-electron chi connectivity index (χ1n) is 9.46. The van der Waals surface area contributed by atoms with E-state index in [1.165, 1.54) is 0 Å². The summed E-state index contributed by atoms with van der Waals surface area (Å²) in [4.78, 5) is 43.4. The number of aromatic nitrogens is 2. The zero-order valence-electron chi connectivity index (χ0n) is 17.2. The predicted octanol–water partition coefficient (Wildman–Crippen LogP) is 2.40. The number of amides is 2. The lowest BCUT2D eigenvalue weighted by Crippen LogP contribution is -2.30. The van der Waals surface area contributed by atoms with Crippen molar-refractivity contribution in [3.63, 3.8) is 0 Å². The highest BCUT2D eigenvalue weighted by Gasteiger charge is 2.30. The maximum absolute atomic E-state index is 14.3. The lowest BCUT2D eigenvalue weighted by molar-refractivity contribution is 0.00683. The number of carbonyl (C=O) groups excluding carboxylic acids is 3. The molecule has 2 aromatic rings. The predicted molar refractivity (Wildman–Crippen MR) is 105 cm³/mol. The highest BCUT2D eigenvalue weighted by atomic mass is 19.1. The average molecular weight is 414 g/mol. The molecule has 1 atom stereocenters. The Hall–Kier alpha value is -3.36. The quantitative estimate of drug-likeness (QED) is 0.740. The number of benzene rings is 1. The SMILES string of the molecule is Cc1c(C(=O)OC(C)(C)C)ccc2c1CC[C@@H]2NC(=O)c1ncnc(C(N)=O)c1F. The number of esters is 1. The number of ether oxygens (including phenoxy) is 1. The van der Waals surface area contributed by atoms with Gasteiger partial charge in [-0.2, -0.15) is 0 Å². The molecule has 1 heterocycles. The Balaban J connectivity index is 1.84. The van der Waals surface area contributed by atoms with Crippen LogP contribution < -0.4 is 11.1 Å². The van der Waals surface area contributed by atoms with E-state index in [9.17, 15) is 18.8 Å². The molecule has 3 N–H and O–H groups in total. The standard InChI is InChI=1S/C21H23FN4O4/c1-10-11-7-8-14(13(11)6-5-12(10)20(29)30-21(2,3)4)26-19(28)17-15(22)16(18(23)27)24-9-25-17/h5-6,9,14H,7-8H2,1-4H3,(H2,23,27)(H,26,28)/t14-/m0/s1. The van der Waals surface area contributed by atoms with Crippen LogP contribution in [0.2, 0.25) is 0 Å². The van der Waals surface area contributed by atoms with Crippen LogP contribution in [0.3, 0.4) is 0 Å². The van der Waals surface area contributed by atoms with E-state index in [0.717, 1.165) is 23.0 Å². The van der Waals surface area contributed by atoms with Crippen molar-refractivity contribution in [2.45, 2.75) is 52.2 Å². The molecular weight excluding hydrogens is 391 g/mol. The van der Waals surface area contributed by atoms with E-state index in [2.05, 4.69) is 15.3 Å². The van der Waals surface area contributed by atoms with Gasteiger partial charge in [0.05, 0.1) is 11.6 Å². The third-order valence-corrected chi connectivity index (χ3v) is 4.86. The zero-order chi connectivity index (χ0) is 22.2. The summed E-state index contributed by atoms with van der Waals surface area (Å²) < 4.78 is 19.8. The van der Waals surface area contributed by atoms with Crippen LogP contribution in [-0.4, -0.2) is 33.4 Å². The summed E-state index contributed by atoms with van der Waals surface area (Å²) in [5.74, 6) is -3.42. The Morgan fingerprint density at radius 2 is 1.87 bits per heavy atom. The molecule has 3 rings (SSSR count). The maximum Gasteiger partial charge on any atom is 0.338 e. The van der Waals surface area contributed by atoms with Crippen molar-refractivity contribution in [2.75, 3.05) is 0 Å². The van der Waals surface area contributed by atoms with Gasteiger partial charge in [-0.25, -0.2) is 19.2 Å². The lowest BCUT2D eigenvalue weighted by atomic mass is 9.97. The molecule has 2 amide bonds. The molecule has 0 fully saturated rings. The number of nitrogens with one attached hydrogen (secondary N) is 1. The molecule has 9 heteroatoms. The van der Waals surface area contributed by atoms with Crippen molar-refractivity contribution < 1.29 is 23.5 Å². The van der Waals surface area contributed by atoms with Crippen molar-refractivity contribution in [3.8, 4) is 0 Å². The van der Waals surface area contributed by atoms with Gasteiger partial charge < -0.3 is 15.8 Å². The molecule has 158 valence electrons. The van der Waals surface area contributed by atoms with E-state index in [1.54, 1.807) is 32.9 Å². The monoisotopic (exact) mass is 414 g/mol. The van der Waals surface area contributed by atoms with Gasteiger partial charge in [0.25, 0.3) is 11.8 Å². The number of carbonyl (C=O) groups is 3. The Morgan fingerprint density at radius 3 is 2.50 bits per heavy atom. The summed E-state index contributed by atoms with van der Waals surface area (Å²) in [5, 5.41) is 2.73. The molecule has 8 nitrogen and oxygen atoms in total. The van der Waals surface area contributed by atoms with Gasteiger partial charge in [0.2, 0.25) is 0 Å². The lowest BCUT2D eigenvalue weighted by Gasteiger charge is -2.21. The van der Waals surface area contributed by atoms with E-state index in [1.807, 2.05) is 6.92 Å². The maximum atomic E-state index is 14.3. The van der Waals surface area contributed by atoms with Gasteiger partial charge in [0.15, 0.2) is 17.2 Å². The number of nitrogens with zero attached hydrogens (tertiary/aromatic N) is 2. The van der Waals surface area contributed by atoms with Gasteiger partial charge in [-0.15, -0.1) is 0 Å². The van der Waals surface area contributed by atoms with Gasteiger partial charge in [-0.3, -0.25) is 9.59 Å². The molecule has 1 aliphatic carbocycles. The highest BCUT2D eigenvalue weighted by Crippen LogP contribution is 2.35. The minimum Gasteiger partial charge on any atom is -0.456 e. The Kier molecular flexibility index (Phi) is 5.56. The molecule has 0 saturated heterocycles. The molecule has 0 radical (unpaired) electrons. The first-order chi connectivity index (χ1) is 14.0. The topological polar surface area (TPSA) is 124 Å². The van der Waals surface area contributed by atoms with E-state index < -0.39 is 40.6 Å². The van der Waals surface area contributed by atoms with E-state index in [4.69, 9.17) is 10.5 Å². The van der Waals surface area contributed by atoms with E-state index in [-0.39, 0.29) is 6.04 Å². The third kappa shape index (κ3) is 4.14. The van der Waals surface area contributed by atoms with Crippen LogP contribution in [0, 0.1) is 12.7 Å². The summed E-state index contributed by atoms with van der Waals surface area (Å²) in [6, 6.07) is 3.05. The second kappa shape index (κ2) is 7.81. The van der Waals surface area contributed by atoms with Gasteiger partial charge >= 0.3 is 5.97 Å². The summed E-state index contributed by atoms with van der Waals surface area (Å²) in [6.07, 6.45) is 2.13.